The van der Waals surface area contributed by atoms with Crippen molar-refractivity contribution < 1.29 is 14.7 Å². The summed E-state index contributed by atoms with van der Waals surface area (Å²) in [5.41, 5.74) is 4.22. The predicted octanol–water partition coefficient (Wildman–Crippen LogP) is 4.05. The van der Waals surface area contributed by atoms with Crippen LogP contribution < -0.4 is 5.32 Å². The highest BCUT2D eigenvalue weighted by atomic mass is 16.3. The van der Waals surface area contributed by atoms with Gasteiger partial charge in [0, 0.05) is 22.8 Å². The molecule has 1 unspecified atom stereocenters. The molecule has 5 rings (SSSR count). The Bertz CT molecular complexity index is 1370. The summed E-state index contributed by atoms with van der Waals surface area (Å²) in [6.07, 6.45) is -0.576. The van der Waals surface area contributed by atoms with Crippen LogP contribution in [0.15, 0.2) is 60.7 Å². The van der Waals surface area contributed by atoms with Crippen LogP contribution in [0.2, 0.25) is 0 Å². The first-order valence-electron chi connectivity index (χ1n) is 11.4. The van der Waals surface area contributed by atoms with Gasteiger partial charge in [0.15, 0.2) is 0 Å². The first-order valence-corrected chi connectivity index (χ1v) is 11.4. The Kier molecular flexibility index (Phi) is 5.48. The maximum atomic E-state index is 13.0. The molecule has 0 fully saturated rings. The van der Waals surface area contributed by atoms with Crippen molar-refractivity contribution >= 4 is 33.6 Å². The fourth-order valence-corrected chi connectivity index (χ4v) is 4.99. The number of rotatable bonds is 7. The molecule has 6 nitrogen and oxygen atoms in total. The molecule has 2 N–H and O–H groups in total. The summed E-state index contributed by atoms with van der Waals surface area (Å²) in [5, 5.41) is 15.1. The molecule has 0 bridgehead atoms. The Hall–Kier alpha value is -3.48. The van der Waals surface area contributed by atoms with E-state index in [1.54, 1.807) is 0 Å². The Balaban J connectivity index is 1.78. The van der Waals surface area contributed by atoms with Crippen molar-refractivity contribution in [2.24, 2.45) is 0 Å². The normalized spacial score (nSPS) is 14.3. The fourth-order valence-electron chi connectivity index (χ4n) is 4.99. The molecule has 1 atom stereocenters. The van der Waals surface area contributed by atoms with Crippen LogP contribution in [-0.2, 0) is 6.54 Å². The Morgan fingerprint density at radius 2 is 1.58 bits per heavy atom. The van der Waals surface area contributed by atoms with Crippen LogP contribution in [0.4, 0.5) is 0 Å². The second kappa shape index (κ2) is 8.46. The largest absolute Gasteiger partial charge is 0.390 e. The van der Waals surface area contributed by atoms with E-state index in [9.17, 15) is 14.7 Å². The number of amides is 2. The van der Waals surface area contributed by atoms with E-state index in [1.165, 1.54) is 0 Å². The number of carbonyl (C=O) groups is 2. The third kappa shape index (κ3) is 3.52. The fraction of sp³-hybridized carbons (Fsp3) is 0.259. The van der Waals surface area contributed by atoms with Gasteiger partial charge >= 0.3 is 0 Å². The molecule has 0 radical (unpaired) electrons. The number of carbonyl (C=O) groups excluding carboxylic acids is 2. The molecular weight excluding hydrogens is 414 g/mol. The molecule has 1 aliphatic rings. The molecular formula is C27H27N3O3. The van der Waals surface area contributed by atoms with Crippen molar-refractivity contribution in [2.45, 2.75) is 26.5 Å². The van der Waals surface area contributed by atoms with Crippen molar-refractivity contribution in [2.75, 3.05) is 19.6 Å². The van der Waals surface area contributed by atoms with Crippen LogP contribution in [0.25, 0.3) is 32.9 Å². The standard InChI is InChI=1S/C27H27N3O3/c1-3-29(4-2)15-18(31)16-30-21-13-9-8-12-19(21)23-22(30)14-20(17-10-6-5-7-11-17)24-25(23)27(33)28-26(24)32/h5-14,18,31H,3-4,15-16H2,1-2H3,(H,28,32,33). The Morgan fingerprint density at radius 3 is 2.30 bits per heavy atom. The number of imide groups is 1. The average Bonchev–Trinajstić information content (AvgIpc) is 3.31. The number of hydrogen-bond donors (Lipinski definition) is 2. The summed E-state index contributed by atoms with van der Waals surface area (Å²) >= 11 is 0. The van der Waals surface area contributed by atoms with Crippen LogP contribution in [0.5, 0.6) is 0 Å². The minimum Gasteiger partial charge on any atom is -0.390 e. The zero-order valence-corrected chi connectivity index (χ0v) is 18.8. The maximum Gasteiger partial charge on any atom is 0.259 e. The molecule has 0 spiro atoms. The highest BCUT2D eigenvalue weighted by Crippen LogP contribution is 2.40. The van der Waals surface area contributed by atoms with Gasteiger partial charge in [-0.2, -0.15) is 0 Å². The lowest BCUT2D eigenvalue weighted by Crippen LogP contribution is -2.34. The number of hydrogen-bond acceptors (Lipinski definition) is 4. The molecule has 0 saturated heterocycles. The quantitative estimate of drug-likeness (QED) is 0.425. The first-order chi connectivity index (χ1) is 16.0. The highest BCUT2D eigenvalue weighted by Gasteiger charge is 2.34. The summed E-state index contributed by atoms with van der Waals surface area (Å²) in [4.78, 5) is 28.0. The van der Waals surface area contributed by atoms with Gasteiger partial charge in [-0.1, -0.05) is 62.4 Å². The number of benzene rings is 3. The smallest absolute Gasteiger partial charge is 0.259 e. The van der Waals surface area contributed by atoms with Gasteiger partial charge in [0.1, 0.15) is 0 Å². The van der Waals surface area contributed by atoms with E-state index in [0.717, 1.165) is 46.0 Å². The van der Waals surface area contributed by atoms with Gasteiger partial charge in [-0.25, -0.2) is 0 Å². The number of nitrogens with one attached hydrogen (secondary N) is 1. The maximum absolute atomic E-state index is 13.0. The lowest BCUT2D eigenvalue weighted by Gasteiger charge is -2.23. The number of aliphatic hydroxyl groups is 1. The number of aliphatic hydroxyl groups excluding tert-OH is 1. The third-order valence-corrected chi connectivity index (χ3v) is 6.58. The molecule has 6 heteroatoms. The van der Waals surface area contributed by atoms with E-state index in [-0.39, 0.29) is 11.8 Å². The van der Waals surface area contributed by atoms with E-state index in [4.69, 9.17) is 0 Å². The lowest BCUT2D eigenvalue weighted by atomic mass is 9.93. The lowest BCUT2D eigenvalue weighted by molar-refractivity contribution is 0.0880. The zero-order valence-electron chi connectivity index (χ0n) is 18.8. The molecule has 168 valence electrons. The first kappa shape index (κ1) is 21.4. The Labute approximate surface area is 192 Å². The van der Waals surface area contributed by atoms with E-state index in [0.29, 0.717) is 24.2 Å². The SMILES string of the molecule is CCN(CC)CC(O)Cn1c2ccccc2c2c3c(c(-c4ccccc4)cc21)C(=O)NC3=O. The van der Waals surface area contributed by atoms with Crippen molar-refractivity contribution in [1.29, 1.82) is 0 Å². The topological polar surface area (TPSA) is 74.6 Å². The monoisotopic (exact) mass is 441 g/mol. The molecule has 3 aromatic carbocycles. The molecule has 2 amide bonds. The summed E-state index contributed by atoms with van der Waals surface area (Å²) in [5.74, 6) is -0.737. The van der Waals surface area contributed by atoms with E-state index in [2.05, 4.69) is 28.6 Å². The number of aromatic nitrogens is 1. The molecule has 0 saturated carbocycles. The van der Waals surface area contributed by atoms with Gasteiger partial charge < -0.3 is 14.6 Å². The van der Waals surface area contributed by atoms with Gasteiger partial charge in [-0.3, -0.25) is 14.9 Å². The van der Waals surface area contributed by atoms with Gasteiger partial charge in [0.2, 0.25) is 0 Å². The second-order valence-electron chi connectivity index (χ2n) is 8.48. The highest BCUT2D eigenvalue weighted by molar-refractivity contribution is 6.32. The molecule has 33 heavy (non-hydrogen) atoms. The summed E-state index contributed by atoms with van der Waals surface area (Å²) < 4.78 is 2.08. The number of nitrogens with zero attached hydrogens (tertiary/aromatic N) is 2. The summed E-state index contributed by atoms with van der Waals surface area (Å²) in [7, 11) is 0. The predicted molar refractivity (Wildman–Crippen MR) is 130 cm³/mol. The van der Waals surface area contributed by atoms with Crippen LogP contribution in [0, 0.1) is 0 Å². The van der Waals surface area contributed by atoms with Crippen molar-refractivity contribution in [3.63, 3.8) is 0 Å². The zero-order chi connectivity index (χ0) is 23.1. The van der Waals surface area contributed by atoms with Crippen LogP contribution in [-0.4, -0.2) is 52.1 Å². The molecule has 2 heterocycles. The Morgan fingerprint density at radius 1 is 0.909 bits per heavy atom. The molecule has 1 aromatic heterocycles. The van der Waals surface area contributed by atoms with Crippen LogP contribution >= 0.6 is 0 Å². The van der Waals surface area contributed by atoms with Gasteiger partial charge in [-0.05, 0) is 36.3 Å². The molecule has 0 aliphatic carbocycles. The van der Waals surface area contributed by atoms with Crippen molar-refractivity contribution in [3.05, 3.63) is 71.8 Å². The summed E-state index contributed by atoms with van der Waals surface area (Å²) in [6, 6.07) is 19.5. The van der Waals surface area contributed by atoms with Gasteiger partial charge in [0.05, 0.1) is 29.3 Å². The minimum absolute atomic E-state index is 0.367. The third-order valence-electron chi connectivity index (χ3n) is 6.58. The summed E-state index contributed by atoms with van der Waals surface area (Å²) in [6.45, 7) is 6.87. The number of para-hydroxylation sites is 1. The van der Waals surface area contributed by atoms with E-state index in [1.807, 2.05) is 60.7 Å². The van der Waals surface area contributed by atoms with E-state index < -0.39 is 6.10 Å². The van der Waals surface area contributed by atoms with Crippen molar-refractivity contribution in [1.82, 2.24) is 14.8 Å². The van der Waals surface area contributed by atoms with E-state index >= 15 is 0 Å². The molecule has 1 aliphatic heterocycles. The van der Waals surface area contributed by atoms with Gasteiger partial charge in [0.25, 0.3) is 11.8 Å². The second-order valence-corrected chi connectivity index (χ2v) is 8.48. The average molecular weight is 442 g/mol. The number of likely N-dealkylation sites (N-methyl/N-ethyl adjacent to an activating group) is 1. The van der Waals surface area contributed by atoms with Crippen LogP contribution in [0.3, 0.4) is 0 Å². The minimum atomic E-state index is -0.576. The van der Waals surface area contributed by atoms with Gasteiger partial charge in [-0.15, -0.1) is 0 Å². The van der Waals surface area contributed by atoms with Crippen LogP contribution in [0.1, 0.15) is 34.6 Å². The molecule has 4 aromatic rings. The number of fused-ring (bicyclic) bond motifs is 5. The van der Waals surface area contributed by atoms with Crippen molar-refractivity contribution in [3.8, 4) is 11.1 Å².